The lowest BCUT2D eigenvalue weighted by atomic mass is 10.1. The first kappa shape index (κ1) is 24.8. The second-order valence-electron chi connectivity index (χ2n) is 6.99. The van der Waals surface area contributed by atoms with Crippen molar-refractivity contribution in [2.45, 2.75) is 19.4 Å². The number of aromatic nitrogens is 1. The van der Waals surface area contributed by atoms with Gasteiger partial charge >= 0.3 is 5.51 Å². The Labute approximate surface area is 183 Å². The number of hydrogen-bond donors (Lipinski definition) is 1. The third-order valence-corrected chi connectivity index (χ3v) is 4.91. The summed E-state index contributed by atoms with van der Waals surface area (Å²) < 4.78 is 66.8. The molecule has 0 radical (unpaired) electrons. The van der Waals surface area contributed by atoms with Crippen LogP contribution in [0.5, 0.6) is 0 Å². The van der Waals surface area contributed by atoms with Crippen molar-refractivity contribution in [3.63, 3.8) is 0 Å². The zero-order valence-electron chi connectivity index (χ0n) is 16.9. The Hall–Kier alpha value is -2.50. The molecule has 0 aliphatic carbocycles. The highest BCUT2D eigenvalue weighted by molar-refractivity contribution is 7.86. The molecule has 3 rings (SSSR count). The maximum absolute atomic E-state index is 10.7. The quantitative estimate of drug-likeness (QED) is 0.201. The lowest BCUT2D eigenvalue weighted by Crippen LogP contribution is -2.31. The van der Waals surface area contributed by atoms with E-state index in [1.165, 1.54) is 0 Å². The van der Waals surface area contributed by atoms with Crippen molar-refractivity contribution in [1.29, 1.82) is 0 Å². The lowest BCUT2D eigenvalue weighted by Gasteiger charge is -2.14. The van der Waals surface area contributed by atoms with Gasteiger partial charge in [-0.2, -0.15) is 17.7 Å². The molecule has 1 aromatic heterocycles. The second kappa shape index (κ2) is 9.75. The van der Waals surface area contributed by atoms with Gasteiger partial charge in [-0.3, -0.25) is 0 Å². The van der Waals surface area contributed by atoms with E-state index in [-0.39, 0.29) is 0 Å². The van der Waals surface area contributed by atoms with Gasteiger partial charge in [0.15, 0.2) is 10.1 Å². The largest absolute Gasteiger partial charge is 0.741 e. The number of rotatable bonds is 3. The fourth-order valence-corrected chi connectivity index (χ4v) is 2.92. The Morgan fingerprint density at radius 2 is 1.52 bits per heavy atom. The Morgan fingerprint density at radius 3 is 1.90 bits per heavy atom. The number of aryl methyl sites for hydroxylation is 1. The van der Waals surface area contributed by atoms with Gasteiger partial charge < -0.3 is 14.6 Å². The SMILES string of the molecule is CC(C)COC(=S)Nc1c2ccccc2[n+](C)c2ccccc12.O=S(=O)([O-])C(F)(F)F. The van der Waals surface area contributed by atoms with Gasteiger partial charge in [-0.15, -0.1) is 0 Å². The molecule has 0 spiro atoms. The van der Waals surface area contributed by atoms with E-state index in [4.69, 9.17) is 29.9 Å². The zero-order valence-corrected chi connectivity index (χ0v) is 18.6. The van der Waals surface area contributed by atoms with Crippen molar-refractivity contribution in [1.82, 2.24) is 0 Å². The minimum Gasteiger partial charge on any atom is -0.741 e. The number of thiocarbonyl (C=S) groups is 1. The van der Waals surface area contributed by atoms with Crippen molar-refractivity contribution in [2.24, 2.45) is 13.0 Å². The first-order valence-electron chi connectivity index (χ1n) is 9.08. The van der Waals surface area contributed by atoms with Gasteiger partial charge in [0, 0.05) is 12.1 Å². The van der Waals surface area contributed by atoms with E-state index in [0.29, 0.717) is 17.7 Å². The standard InChI is InChI=1S/C19H20N2OS.CHF3O3S/c1-13(2)12-22-19(23)20-18-14-8-4-6-10-16(14)21(3)17-11-7-5-9-15(17)18;2-1(3,4)8(5,6)7/h4-11,13H,12H2,1-3H3;(H,5,6,7). The lowest BCUT2D eigenvalue weighted by molar-refractivity contribution is -0.617. The molecule has 0 unspecified atom stereocenters. The van der Waals surface area contributed by atoms with Gasteiger partial charge in [-0.25, -0.2) is 8.42 Å². The Kier molecular flexibility index (Phi) is 7.79. The third kappa shape index (κ3) is 6.25. The summed E-state index contributed by atoms with van der Waals surface area (Å²) in [5, 5.41) is 5.98. The van der Waals surface area contributed by atoms with E-state index in [1.54, 1.807) is 0 Å². The number of para-hydroxylation sites is 2. The number of benzene rings is 2. The van der Waals surface area contributed by atoms with Crippen molar-refractivity contribution in [3.8, 4) is 0 Å². The molecule has 31 heavy (non-hydrogen) atoms. The molecule has 11 heteroatoms. The fraction of sp³-hybridized carbons (Fsp3) is 0.300. The van der Waals surface area contributed by atoms with Gasteiger partial charge in [0.05, 0.1) is 23.1 Å². The summed E-state index contributed by atoms with van der Waals surface area (Å²) in [6.45, 7) is 4.83. The highest BCUT2D eigenvalue weighted by Crippen LogP contribution is 2.29. The monoisotopic (exact) mass is 474 g/mol. The number of anilines is 1. The number of nitrogens with one attached hydrogen (secondary N) is 1. The van der Waals surface area contributed by atoms with Gasteiger partial charge in [0.2, 0.25) is 11.0 Å². The Bertz CT molecular complexity index is 1140. The molecule has 1 N–H and O–H groups in total. The van der Waals surface area contributed by atoms with Crippen LogP contribution >= 0.6 is 12.2 Å². The Morgan fingerprint density at radius 1 is 1.10 bits per heavy atom. The van der Waals surface area contributed by atoms with Crippen LogP contribution in [0.25, 0.3) is 21.8 Å². The van der Waals surface area contributed by atoms with Gasteiger partial charge in [-0.05, 0) is 30.3 Å². The van der Waals surface area contributed by atoms with Crippen LogP contribution in [0.2, 0.25) is 0 Å². The van der Waals surface area contributed by atoms with Crippen LogP contribution in [0.3, 0.4) is 0 Å². The van der Waals surface area contributed by atoms with Crippen LogP contribution in [0, 0.1) is 5.92 Å². The minimum atomic E-state index is -6.09. The van der Waals surface area contributed by atoms with Crippen LogP contribution < -0.4 is 9.88 Å². The van der Waals surface area contributed by atoms with E-state index in [1.807, 2.05) is 12.1 Å². The smallest absolute Gasteiger partial charge is 0.485 e. The number of pyridine rings is 1. The first-order valence-corrected chi connectivity index (χ1v) is 10.9. The highest BCUT2D eigenvalue weighted by atomic mass is 32.2. The van der Waals surface area contributed by atoms with E-state index in [9.17, 15) is 13.2 Å². The van der Waals surface area contributed by atoms with Crippen molar-refractivity contribution < 1.29 is 35.4 Å². The van der Waals surface area contributed by atoms with E-state index < -0.39 is 15.6 Å². The third-order valence-electron chi connectivity index (χ3n) is 4.13. The summed E-state index contributed by atoms with van der Waals surface area (Å²) in [6.07, 6.45) is 0. The predicted molar refractivity (Wildman–Crippen MR) is 115 cm³/mol. The first-order chi connectivity index (χ1) is 14.3. The van der Waals surface area contributed by atoms with Crippen LogP contribution in [0.15, 0.2) is 48.5 Å². The summed E-state index contributed by atoms with van der Waals surface area (Å²) in [4.78, 5) is 0. The fourth-order valence-electron chi connectivity index (χ4n) is 2.75. The molecule has 2 aromatic carbocycles. The predicted octanol–water partition coefficient (Wildman–Crippen LogP) is 4.24. The van der Waals surface area contributed by atoms with Crippen LogP contribution in [0.4, 0.5) is 18.9 Å². The molecule has 0 saturated carbocycles. The number of ether oxygens (including phenoxy) is 1. The average Bonchev–Trinajstić information content (AvgIpc) is 2.68. The number of nitrogens with zero attached hydrogens (tertiary/aromatic N) is 1. The van der Waals surface area contributed by atoms with E-state index >= 15 is 0 Å². The van der Waals surface area contributed by atoms with E-state index in [0.717, 1.165) is 27.5 Å². The molecule has 0 fully saturated rings. The van der Waals surface area contributed by atoms with Crippen LogP contribution in [0.1, 0.15) is 13.8 Å². The number of halogens is 3. The summed E-state index contributed by atoms with van der Waals surface area (Å²) in [5.74, 6) is 0.441. The van der Waals surface area contributed by atoms with Crippen molar-refractivity contribution >= 4 is 55.0 Å². The molecular formula is C20H21F3N2O4S2. The summed E-state index contributed by atoms with van der Waals surface area (Å²) in [5.41, 5.74) is -2.34. The molecule has 3 aromatic rings. The number of hydrogen-bond acceptors (Lipinski definition) is 5. The maximum Gasteiger partial charge on any atom is 0.485 e. The van der Waals surface area contributed by atoms with Gasteiger partial charge in [-0.1, -0.05) is 38.1 Å². The maximum atomic E-state index is 10.7. The van der Waals surface area contributed by atoms with Crippen molar-refractivity contribution in [3.05, 3.63) is 48.5 Å². The molecule has 0 saturated heterocycles. The van der Waals surface area contributed by atoms with Gasteiger partial charge in [0.1, 0.15) is 7.05 Å². The second-order valence-corrected chi connectivity index (χ2v) is 8.73. The zero-order chi connectivity index (χ0) is 23.4. The molecular weight excluding hydrogens is 453 g/mol. The number of alkyl halides is 3. The molecule has 0 amide bonds. The Balaban J connectivity index is 0.000000366. The van der Waals surface area contributed by atoms with Crippen LogP contribution in [-0.4, -0.2) is 30.3 Å². The topological polar surface area (TPSA) is 82.3 Å². The molecule has 0 atom stereocenters. The molecule has 1 heterocycles. The highest BCUT2D eigenvalue weighted by Gasteiger charge is 2.36. The minimum absolute atomic E-state index is 0.419. The molecule has 0 bridgehead atoms. The van der Waals surface area contributed by atoms with Gasteiger partial charge in [0.25, 0.3) is 5.17 Å². The summed E-state index contributed by atoms with van der Waals surface area (Å²) in [6, 6.07) is 16.6. The molecule has 0 aliphatic heterocycles. The van der Waals surface area contributed by atoms with Crippen molar-refractivity contribution in [2.75, 3.05) is 11.9 Å². The van der Waals surface area contributed by atoms with Crippen LogP contribution in [-0.2, 0) is 21.9 Å². The number of fused-ring (bicyclic) bond motifs is 2. The molecule has 168 valence electrons. The summed E-state index contributed by atoms with van der Waals surface area (Å²) >= 11 is 5.37. The average molecular weight is 475 g/mol. The molecule has 6 nitrogen and oxygen atoms in total. The van der Waals surface area contributed by atoms with E-state index in [2.05, 4.69) is 67.2 Å². The summed E-state index contributed by atoms with van der Waals surface area (Å²) in [7, 11) is -4.00. The molecule has 0 aliphatic rings. The normalized spacial score (nSPS) is 11.9.